The molecule has 1 aliphatic carbocycles. The van der Waals surface area contributed by atoms with Crippen molar-refractivity contribution in [1.82, 2.24) is 0 Å². The van der Waals surface area contributed by atoms with Crippen molar-refractivity contribution in [2.24, 2.45) is 5.73 Å². The van der Waals surface area contributed by atoms with E-state index in [9.17, 15) is 0 Å². The van der Waals surface area contributed by atoms with Crippen molar-refractivity contribution in [3.8, 4) is 5.75 Å². The molecule has 2 aliphatic rings. The van der Waals surface area contributed by atoms with Gasteiger partial charge in [-0.2, -0.15) is 0 Å². The molecule has 0 amide bonds. The third-order valence-electron chi connectivity index (χ3n) is 4.75. The molecule has 0 spiro atoms. The number of fused-ring (bicyclic) bond motifs is 1. The SMILES string of the molecule is CC1(C)CC(Oc2ccc3c(c2)C(N)CCC3)C(C)(C)O1. The van der Waals surface area contributed by atoms with Gasteiger partial charge in [-0.1, -0.05) is 6.07 Å². The van der Waals surface area contributed by atoms with Crippen LogP contribution in [0.25, 0.3) is 0 Å². The summed E-state index contributed by atoms with van der Waals surface area (Å²) in [5, 5.41) is 0. The molecule has 1 aromatic rings. The molecule has 2 unspecified atom stereocenters. The predicted octanol–water partition coefficient (Wildman–Crippen LogP) is 3.75. The van der Waals surface area contributed by atoms with E-state index < -0.39 is 0 Å². The maximum Gasteiger partial charge on any atom is 0.130 e. The lowest BCUT2D eigenvalue weighted by Gasteiger charge is -2.28. The Morgan fingerprint density at radius 1 is 1.24 bits per heavy atom. The van der Waals surface area contributed by atoms with Gasteiger partial charge in [-0.05, 0) is 70.2 Å². The molecule has 0 aromatic heterocycles. The van der Waals surface area contributed by atoms with Crippen molar-refractivity contribution in [2.45, 2.75) is 76.7 Å². The van der Waals surface area contributed by atoms with Gasteiger partial charge in [0.15, 0.2) is 0 Å². The summed E-state index contributed by atoms with van der Waals surface area (Å²) in [6.45, 7) is 8.47. The van der Waals surface area contributed by atoms with Crippen molar-refractivity contribution in [3.05, 3.63) is 29.3 Å². The Balaban J connectivity index is 1.81. The summed E-state index contributed by atoms with van der Waals surface area (Å²) in [6.07, 6.45) is 4.37. The fourth-order valence-electron chi connectivity index (χ4n) is 3.75. The number of nitrogens with two attached hydrogens (primary N) is 1. The third-order valence-corrected chi connectivity index (χ3v) is 4.75. The van der Waals surface area contributed by atoms with E-state index in [-0.39, 0.29) is 23.3 Å². The second-order valence-corrected chi connectivity index (χ2v) is 7.64. The number of hydrogen-bond donors (Lipinski definition) is 1. The van der Waals surface area contributed by atoms with E-state index in [0.717, 1.165) is 25.0 Å². The van der Waals surface area contributed by atoms with Crippen LogP contribution in [0, 0.1) is 0 Å². The number of ether oxygens (including phenoxy) is 2. The Bertz CT molecular complexity index is 536. The molecule has 3 heteroatoms. The monoisotopic (exact) mass is 289 g/mol. The first-order valence-electron chi connectivity index (χ1n) is 8.02. The zero-order valence-electron chi connectivity index (χ0n) is 13.6. The minimum absolute atomic E-state index is 0.0744. The highest BCUT2D eigenvalue weighted by Gasteiger charge is 2.47. The largest absolute Gasteiger partial charge is 0.487 e. The standard InChI is InChI=1S/C18H27NO2/c1-17(2)11-16(18(3,4)21-17)20-13-9-8-12-6-5-7-15(19)14(12)10-13/h8-10,15-16H,5-7,11,19H2,1-4H3. The van der Waals surface area contributed by atoms with Crippen molar-refractivity contribution in [2.75, 3.05) is 0 Å². The summed E-state index contributed by atoms with van der Waals surface area (Å²) >= 11 is 0. The smallest absolute Gasteiger partial charge is 0.130 e. The maximum absolute atomic E-state index is 6.26. The average Bonchev–Trinajstić information content (AvgIpc) is 2.58. The van der Waals surface area contributed by atoms with E-state index >= 15 is 0 Å². The Labute approximate surface area is 127 Å². The first kappa shape index (κ1) is 14.9. The minimum Gasteiger partial charge on any atom is -0.487 e. The molecule has 0 saturated carbocycles. The van der Waals surface area contributed by atoms with Crippen molar-refractivity contribution in [3.63, 3.8) is 0 Å². The fourth-order valence-corrected chi connectivity index (χ4v) is 3.75. The van der Waals surface area contributed by atoms with Crippen LogP contribution in [0.4, 0.5) is 0 Å². The summed E-state index contributed by atoms with van der Waals surface area (Å²) in [5.74, 6) is 0.922. The van der Waals surface area contributed by atoms with Crippen LogP contribution >= 0.6 is 0 Å². The van der Waals surface area contributed by atoms with Crippen LogP contribution in [0.5, 0.6) is 5.75 Å². The maximum atomic E-state index is 6.26. The van der Waals surface area contributed by atoms with Gasteiger partial charge >= 0.3 is 0 Å². The Hall–Kier alpha value is -1.06. The van der Waals surface area contributed by atoms with Crippen LogP contribution in [0.2, 0.25) is 0 Å². The second-order valence-electron chi connectivity index (χ2n) is 7.64. The van der Waals surface area contributed by atoms with Crippen LogP contribution in [-0.2, 0) is 11.2 Å². The van der Waals surface area contributed by atoms with Gasteiger partial charge in [0.1, 0.15) is 17.5 Å². The molecular formula is C18H27NO2. The molecule has 1 aliphatic heterocycles. The lowest BCUT2D eigenvalue weighted by atomic mass is 9.88. The van der Waals surface area contributed by atoms with Gasteiger partial charge in [0, 0.05) is 12.5 Å². The van der Waals surface area contributed by atoms with Gasteiger partial charge in [0.2, 0.25) is 0 Å². The van der Waals surface area contributed by atoms with Crippen molar-refractivity contribution in [1.29, 1.82) is 0 Å². The van der Waals surface area contributed by atoms with Crippen LogP contribution in [-0.4, -0.2) is 17.3 Å². The van der Waals surface area contributed by atoms with Crippen LogP contribution in [0.3, 0.4) is 0 Å². The average molecular weight is 289 g/mol. The zero-order valence-corrected chi connectivity index (χ0v) is 13.6. The summed E-state index contributed by atoms with van der Waals surface area (Å²) in [6, 6.07) is 6.55. The van der Waals surface area contributed by atoms with Gasteiger partial charge in [-0.3, -0.25) is 0 Å². The number of aryl methyl sites for hydroxylation is 1. The molecule has 2 atom stereocenters. The quantitative estimate of drug-likeness (QED) is 0.902. The van der Waals surface area contributed by atoms with Gasteiger partial charge < -0.3 is 15.2 Å². The molecule has 116 valence electrons. The van der Waals surface area contributed by atoms with E-state index in [2.05, 4.69) is 45.9 Å². The second kappa shape index (κ2) is 4.99. The molecule has 21 heavy (non-hydrogen) atoms. The molecule has 0 bridgehead atoms. The van der Waals surface area contributed by atoms with Crippen LogP contribution in [0.1, 0.15) is 64.1 Å². The minimum atomic E-state index is -0.262. The van der Waals surface area contributed by atoms with Crippen molar-refractivity contribution >= 4 is 0 Å². The molecular weight excluding hydrogens is 262 g/mol. The normalized spacial score (nSPS) is 30.0. The molecule has 1 aromatic carbocycles. The predicted molar refractivity (Wildman–Crippen MR) is 84.6 cm³/mol. The van der Waals surface area contributed by atoms with E-state index in [1.807, 2.05) is 0 Å². The molecule has 1 saturated heterocycles. The first-order valence-corrected chi connectivity index (χ1v) is 8.02. The molecule has 0 radical (unpaired) electrons. The summed E-state index contributed by atoms with van der Waals surface area (Å²) in [4.78, 5) is 0. The lowest BCUT2D eigenvalue weighted by molar-refractivity contribution is -0.0846. The van der Waals surface area contributed by atoms with Crippen molar-refractivity contribution < 1.29 is 9.47 Å². The number of benzene rings is 1. The Morgan fingerprint density at radius 2 is 2.00 bits per heavy atom. The fraction of sp³-hybridized carbons (Fsp3) is 0.667. The summed E-state index contributed by atoms with van der Waals surface area (Å²) < 4.78 is 12.4. The first-order chi connectivity index (χ1) is 9.77. The van der Waals surface area contributed by atoms with Gasteiger partial charge in [0.05, 0.1) is 5.60 Å². The molecule has 2 N–H and O–H groups in total. The zero-order chi connectivity index (χ0) is 15.3. The summed E-state index contributed by atoms with van der Waals surface area (Å²) in [5.41, 5.74) is 8.49. The van der Waals surface area contributed by atoms with E-state index in [1.165, 1.54) is 17.5 Å². The van der Waals surface area contributed by atoms with Crippen LogP contribution < -0.4 is 10.5 Å². The highest BCUT2D eigenvalue weighted by atomic mass is 16.6. The molecule has 1 heterocycles. The number of rotatable bonds is 2. The van der Waals surface area contributed by atoms with E-state index in [4.69, 9.17) is 15.2 Å². The lowest BCUT2D eigenvalue weighted by Crippen LogP contribution is -2.36. The molecule has 3 rings (SSSR count). The highest BCUT2D eigenvalue weighted by molar-refractivity contribution is 5.39. The Kier molecular flexibility index (Phi) is 3.53. The number of hydrogen-bond acceptors (Lipinski definition) is 3. The van der Waals surface area contributed by atoms with Gasteiger partial charge in [-0.25, -0.2) is 0 Å². The highest BCUT2D eigenvalue weighted by Crippen LogP contribution is 2.40. The molecule has 3 nitrogen and oxygen atoms in total. The van der Waals surface area contributed by atoms with Gasteiger partial charge in [0.25, 0.3) is 0 Å². The molecule has 1 fully saturated rings. The Morgan fingerprint density at radius 3 is 2.67 bits per heavy atom. The van der Waals surface area contributed by atoms with Crippen LogP contribution in [0.15, 0.2) is 18.2 Å². The van der Waals surface area contributed by atoms with E-state index in [1.54, 1.807) is 0 Å². The topological polar surface area (TPSA) is 44.5 Å². The van der Waals surface area contributed by atoms with Gasteiger partial charge in [-0.15, -0.1) is 0 Å². The third kappa shape index (κ3) is 2.95. The summed E-state index contributed by atoms with van der Waals surface area (Å²) in [7, 11) is 0. The van der Waals surface area contributed by atoms with E-state index in [0.29, 0.717) is 0 Å².